The SMILES string of the molecule is CC1=CC=c2ccccc2=C(Pc2ccccc2)C1.CCCCC. The normalized spacial score (nSPS) is 13.5. The molecule has 0 radical (unpaired) electrons. The zero-order valence-corrected chi connectivity index (χ0v) is 16.2. The van der Waals surface area contributed by atoms with Gasteiger partial charge in [0, 0.05) is 0 Å². The third-order valence-electron chi connectivity index (χ3n) is 4.07. The predicted octanol–water partition coefficient (Wildman–Crippen LogP) is 5.13. The monoisotopic (exact) mass is 336 g/mol. The van der Waals surface area contributed by atoms with E-state index in [0.717, 1.165) is 15.0 Å². The molecule has 0 nitrogen and oxygen atoms in total. The Morgan fingerprint density at radius 1 is 0.833 bits per heavy atom. The van der Waals surface area contributed by atoms with Gasteiger partial charge in [-0.2, -0.15) is 0 Å². The van der Waals surface area contributed by atoms with Crippen LogP contribution in [0.1, 0.15) is 46.5 Å². The number of rotatable bonds is 4. The quantitative estimate of drug-likeness (QED) is 0.679. The molecule has 2 aromatic rings. The van der Waals surface area contributed by atoms with Crippen molar-refractivity contribution in [3.8, 4) is 0 Å². The van der Waals surface area contributed by atoms with Crippen LogP contribution in [0.2, 0.25) is 0 Å². The average molecular weight is 336 g/mol. The third-order valence-corrected chi connectivity index (χ3v) is 5.43. The maximum Gasteiger partial charge on any atom is -0.00555 e. The van der Waals surface area contributed by atoms with Crippen LogP contribution >= 0.6 is 8.58 Å². The van der Waals surface area contributed by atoms with Crippen LogP contribution in [0.5, 0.6) is 0 Å². The first-order valence-electron chi connectivity index (χ1n) is 9.02. The number of hydrogen-bond acceptors (Lipinski definition) is 0. The van der Waals surface area contributed by atoms with Gasteiger partial charge in [-0.15, -0.1) is 0 Å². The Labute approximate surface area is 148 Å². The maximum absolute atomic E-state index is 2.25. The highest BCUT2D eigenvalue weighted by atomic mass is 31.1. The molecule has 1 aliphatic carbocycles. The van der Waals surface area contributed by atoms with Gasteiger partial charge < -0.3 is 0 Å². The lowest BCUT2D eigenvalue weighted by atomic mass is 10.2. The number of allylic oxidation sites excluding steroid dienone is 2. The molecule has 0 bridgehead atoms. The van der Waals surface area contributed by atoms with Gasteiger partial charge in [0.15, 0.2) is 0 Å². The highest BCUT2D eigenvalue weighted by molar-refractivity contribution is 7.57. The van der Waals surface area contributed by atoms with Crippen LogP contribution in [0.15, 0.2) is 66.2 Å². The Balaban J connectivity index is 0.000000368. The molecule has 0 amide bonds. The summed E-state index contributed by atoms with van der Waals surface area (Å²) in [7, 11) is 0.758. The Kier molecular flexibility index (Phi) is 7.99. The van der Waals surface area contributed by atoms with Crippen molar-refractivity contribution in [1.29, 1.82) is 0 Å². The van der Waals surface area contributed by atoms with E-state index in [1.165, 1.54) is 40.6 Å². The number of hydrogen-bond donors (Lipinski definition) is 0. The van der Waals surface area contributed by atoms with Crippen molar-refractivity contribution in [3.63, 3.8) is 0 Å². The largest absolute Gasteiger partial charge is 0.0689 e. The molecule has 0 spiro atoms. The van der Waals surface area contributed by atoms with Crippen LogP contribution in [-0.2, 0) is 0 Å². The van der Waals surface area contributed by atoms with Crippen molar-refractivity contribution >= 4 is 25.3 Å². The molecule has 0 fully saturated rings. The second kappa shape index (κ2) is 10.3. The maximum atomic E-state index is 2.25. The van der Waals surface area contributed by atoms with E-state index < -0.39 is 0 Å². The Bertz CT molecular complexity index is 767. The van der Waals surface area contributed by atoms with Gasteiger partial charge in [-0.25, -0.2) is 0 Å². The Morgan fingerprint density at radius 2 is 1.50 bits per heavy atom. The summed E-state index contributed by atoms with van der Waals surface area (Å²) in [6, 6.07) is 19.5. The van der Waals surface area contributed by atoms with Crippen LogP contribution in [0.4, 0.5) is 0 Å². The summed E-state index contributed by atoms with van der Waals surface area (Å²) in [5.74, 6) is 0. The molecule has 0 aliphatic heterocycles. The standard InChI is InChI=1S/C18H17P.C5H12/c1-14-11-12-15-7-5-6-10-17(15)18(13-14)19-16-8-3-2-4-9-16;1-3-5-4-2/h2-12,19H,13H2,1H3;3-5H2,1-2H3. The van der Waals surface area contributed by atoms with Crippen molar-refractivity contribution in [3.05, 3.63) is 76.7 Å². The summed E-state index contributed by atoms with van der Waals surface area (Å²) in [5.41, 5.74) is 1.44. The van der Waals surface area contributed by atoms with Crippen LogP contribution in [0.3, 0.4) is 0 Å². The van der Waals surface area contributed by atoms with E-state index in [2.05, 4.69) is 87.5 Å². The Morgan fingerprint density at radius 3 is 2.17 bits per heavy atom. The average Bonchev–Trinajstić information content (AvgIpc) is 2.77. The minimum absolute atomic E-state index is 0.758. The van der Waals surface area contributed by atoms with Gasteiger partial charge in [-0.05, 0) is 34.4 Å². The predicted molar refractivity (Wildman–Crippen MR) is 112 cm³/mol. The molecule has 2 aromatic carbocycles. The summed E-state index contributed by atoms with van der Waals surface area (Å²) >= 11 is 0. The van der Waals surface area contributed by atoms with Crippen molar-refractivity contribution in [1.82, 2.24) is 0 Å². The van der Waals surface area contributed by atoms with Crippen LogP contribution < -0.4 is 15.7 Å². The molecular weight excluding hydrogens is 307 g/mol. The fourth-order valence-corrected chi connectivity index (χ4v) is 4.18. The lowest BCUT2D eigenvalue weighted by Gasteiger charge is -2.08. The minimum Gasteiger partial charge on any atom is -0.0689 e. The van der Waals surface area contributed by atoms with E-state index in [9.17, 15) is 0 Å². The van der Waals surface area contributed by atoms with Crippen LogP contribution in [-0.4, -0.2) is 0 Å². The van der Waals surface area contributed by atoms with E-state index in [1.54, 1.807) is 5.31 Å². The smallest absolute Gasteiger partial charge is 0.00555 e. The highest BCUT2D eigenvalue weighted by Gasteiger charge is 2.05. The molecule has 0 saturated heterocycles. The molecule has 24 heavy (non-hydrogen) atoms. The first-order valence-corrected chi connectivity index (χ1v) is 10.0. The van der Waals surface area contributed by atoms with Crippen molar-refractivity contribution in [2.45, 2.75) is 46.5 Å². The molecule has 0 heterocycles. The summed E-state index contributed by atoms with van der Waals surface area (Å²) in [5, 5.41) is 5.72. The molecule has 3 rings (SSSR count). The van der Waals surface area contributed by atoms with Gasteiger partial charge in [0.2, 0.25) is 0 Å². The molecule has 1 aliphatic rings. The van der Waals surface area contributed by atoms with Gasteiger partial charge in [0.05, 0.1) is 0 Å². The van der Waals surface area contributed by atoms with Gasteiger partial charge >= 0.3 is 0 Å². The van der Waals surface area contributed by atoms with Gasteiger partial charge in [-0.3, -0.25) is 0 Å². The topological polar surface area (TPSA) is 0 Å². The van der Waals surface area contributed by atoms with Crippen molar-refractivity contribution in [2.75, 3.05) is 0 Å². The fraction of sp³-hybridized carbons (Fsp3) is 0.304. The molecule has 1 unspecified atom stereocenters. The molecular formula is C23H29P. The summed E-state index contributed by atoms with van der Waals surface area (Å²) in [6.45, 7) is 6.64. The third kappa shape index (κ3) is 5.77. The summed E-state index contributed by atoms with van der Waals surface area (Å²) in [4.78, 5) is 0. The number of fused-ring (bicyclic) bond motifs is 1. The molecule has 0 saturated carbocycles. The van der Waals surface area contributed by atoms with E-state index in [-0.39, 0.29) is 0 Å². The molecule has 1 heteroatoms. The van der Waals surface area contributed by atoms with E-state index >= 15 is 0 Å². The zero-order chi connectivity index (χ0) is 17.2. The van der Waals surface area contributed by atoms with E-state index in [0.29, 0.717) is 0 Å². The van der Waals surface area contributed by atoms with Crippen molar-refractivity contribution < 1.29 is 0 Å². The lowest BCUT2D eigenvalue weighted by Crippen LogP contribution is -2.25. The van der Waals surface area contributed by atoms with Gasteiger partial charge in [0.1, 0.15) is 0 Å². The molecule has 0 N–H and O–H groups in total. The zero-order valence-electron chi connectivity index (χ0n) is 15.2. The van der Waals surface area contributed by atoms with Crippen LogP contribution in [0, 0.1) is 0 Å². The van der Waals surface area contributed by atoms with E-state index in [1.807, 2.05) is 0 Å². The number of benzene rings is 2. The van der Waals surface area contributed by atoms with Crippen LogP contribution in [0.25, 0.3) is 11.4 Å². The number of unbranched alkanes of at least 4 members (excludes halogenated alkanes) is 2. The second-order valence-electron chi connectivity index (χ2n) is 6.27. The first kappa shape index (κ1) is 18.7. The van der Waals surface area contributed by atoms with E-state index in [4.69, 9.17) is 0 Å². The minimum atomic E-state index is 0.758. The summed E-state index contributed by atoms with van der Waals surface area (Å²) < 4.78 is 0. The molecule has 0 aromatic heterocycles. The van der Waals surface area contributed by atoms with Crippen molar-refractivity contribution in [2.24, 2.45) is 0 Å². The summed E-state index contributed by atoms with van der Waals surface area (Å²) in [6.07, 6.45) is 9.66. The lowest BCUT2D eigenvalue weighted by molar-refractivity contribution is 0.772. The van der Waals surface area contributed by atoms with Gasteiger partial charge in [-0.1, -0.05) is 114 Å². The first-order chi connectivity index (χ1) is 11.7. The Hall–Kier alpha value is -1.65. The van der Waals surface area contributed by atoms with Gasteiger partial charge in [0.25, 0.3) is 0 Å². The highest BCUT2D eigenvalue weighted by Crippen LogP contribution is 2.29. The second-order valence-corrected chi connectivity index (χ2v) is 7.70. The fourth-order valence-electron chi connectivity index (χ4n) is 2.74. The molecule has 1 atom stereocenters. The molecule has 126 valence electrons.